The Morgan fingerprint density at radius 2 is 2.09 bits per heavy atom. The molecule has 2 rings (SSSR count). The fourth-order valence-electron chi connectivity index (χ4n) is 2.63. The molecule has 1 saturated heterocycles. The van der Waals surface area contributed by atoms with E-state index in [0.29, 0.717) is 5.54 Å². The van der Waals surface area contributed by atoms with E-state index in [2.05, 4.69) is 19.2 Å². The average molecular weight is 153 g/mol. The van der Waals surface area contributed by atoms with Crippen LogP contribution in [0.15, 0.2) is 0 Å². The van der Waals surface area contributed by atoms with Crippen molar-refractivity contribution in [3.8, 4) is 0 Å². The van der Waals surface area contributed by atoms with Crippen LogP contribution in [-0.2, 0) is 0 Å². The minimum Gasteiger partial charge on any atom is -0.311 e. The second-order valence-corrected chi connectivity index (χ2v) is 4.72. The molecule has 1 aliphatic carbocycles. The summed E-state index contributed by atoms with van der Waals surface area (Å²) in [5.74, 6) is 1.92. The molecule has 1 heterocycles. The molecular weight excluding hydrogens is 134 g/mol. The van der Waals surface area contributed by atoms with Gasteiger partial charge in [0.25, 0.3) is 0 Å². The van der Waals surface area contributed by atoms with Crippen LogP contribution in [0.25, 0.3) is 0 Å². The first kappa shape index (κ1) is 7.60. The van der Waals surface area contributed by atoms with Gasteiger partial charge < -0.3 is 5.32 Å². The van der Waals surface area contributed by atoms with Gasteiger partial charge in [-0.3, -0.25) is 0 Å². The molecule has 0 aromatic rings. The lowest BCUT2D eigenvalue weighted by Gasteiger charge is -2.47. The van der Waals surface area contributed by atoms with Gasteiger partial charge in [0, 0.05) is 5.54 Å². The monoisotopic (exact) mass is 153 g/mol. The average Bonchev–Trinajstić information content (AvgIpc) is 2.29. The van der Waals surface area contributed by atoms with Crippen molar-refractivity contribution in [3.63, 3.8) is 0 Å². The maximum atomic E-state index is 3.65. The van der Waals surface area contributed by atoms with Gasteiger partial charge in [0.2, 0.25) is 0 Å². The van der Waals surface area contributed by atoms with Crippen LogP contribution in [0.2, 0.25) is 0 Å². The van der Waals surface area contributed by atoms with Crippen LogP contribution < -0.4 is 5.32 Å². The summed E-state index contributed by atoms with van der Waals surface area (Å²) in [4.78, 5) is 0. The smallest absolute Gasteiger partial charge is 0.0187 e. The van der Waals surface area contributed by atoms with E-state index in [9.17, 15) is 0 Å². The van der Waals surface area contributed by atoms with Gasteiger partial charge in [0.15, 0.2) is 0 Å². The minimum atomic E-state index is 0.620. The molecule has 11 heavy (non-hydrogen) atoms. The van der Waals surface area contributed by atoms with Crippen LogP contribution in [0, 0.1) is 11.8 Å². The van der Waals surface area contributed by atoms with Crippen molar-refractivity contribution in [3.05, 3.63) is 0 Å². The van der Waals surface area contributed by atoms with E-state index < -0.39 is 0 Å². The molecule has 1 N–H and O–H groups in total. The number of hydrogen-bond acceptors (Lipinski definition) is 1. The van der Waals surface area contributed by atoms with Crippen molar-refractivity contribution in [1.29, 1.82) is 0 Å². The highest BCUT2D eigenvalue weighted by atomic mass is 15.0. The lowest BCUT2D eigenvalue weighted by molar-refractivity contribution is 0.0876. The largest absolute Gasteiger partial charge is 0.311 e. The van der Waals surface area contributed by atoms with Crippen molar-refractivity contribution in [2.45, 2.75) is 45.1 Å². The van der Waals surface area contributed by atoms with Gasteiger partial charge in [-0.25, -0.2) is 0 Å². The zero-order valence-corrected chi connectivity index (χ0v) is 7.69. The quantitative estimate of drug-likeness (QED) is 0.609. The van der Waals surface area contributed by atoms with E-state index in [1.807, 2.05) is 0 Å². The third kappa shape index (κ3) is 1.20. The zero-order chi connectivity index (χ0) is 7.90. The number of nitrogens with one attached hydrogen (secondary N) is 1. The van der Waals surface area contributed by atoms with Gasteiger partial charge in [-0.1, -0.05) is 13.8 Å². The first-order valence-corrected chi connectivity index (χ1v) is 4.97. The van der Waals surface area contributed by atoms with Gasteiger partial charge in [0.1, 0.15) is 0 Å². The van der Waals surface area contributed by atoms with Gasteiger partial charge >= 0.3 is 0 Å². The third-order valence-electron chi connectivity index (χ3n) is 3.58. The summed E-state index contributed by atoms with van der Waals surface area (Å²) in [5.41, 5.74) is 0.620. The van der Waals surface area contributed by atoms with Gasteiger partial charge in [0.05, 0.1) is 0 Å². The molecule has 0 atom stereocenters. The van der Waals surface area contributed by atoms with E-state index in [1.54, 1.807) is 0 Å². The SMILES string of the molecule is CC(C)C1CC2(CCCN2)C1. The van der Waals surface area contributed by atoms with Crippen LogP contribution in [0.4, 0.5) is 0 Å². The standard InChI is InChI=1S/C10H19N/c1-8(2)9-6-10(7-9)4-3-5-11-10/h8-9,11H,3-7H2,1-2H3. The molecule has 0 amide bonds. The Balaban J connectivity index is 1.86. The highest BCUT2D eigenvalue weighted by Crippen LogP contribution is 2.46. The molecule has 64 valence electrons. The second-order valence-electron chi connectivity index (χ2n) is 4.72. The summed E-state index contributed by atoms with van der Waals surface area (Å²) in [5, 5.41) is 3.65. The molecule has 2 aliphatic rings. The molecule has 1 nitrogen and oxygen atoms in total. The van der Waals surface area contributed by atoms with Crippen LogP contribution >= 0.6 is 0 Å². The Morgan fingerprint density at radius 1 is 1.36 bits per heavy atom. The van der Waals surface area contributed by atoms with Crippen LogP contribution in [0.5, 0.6) is 0 Å². The molecule has 0 aromatic heterocycles. The summed E-state index contributed by atoms with van der Waals surface area (Å²) in [6.45, 7) is 5.98. The molecule has 0 unspecified atom stereocenters. The molecule has 0 aromatic carbocycles. The molecule has 1 spiro atoms. The van der Waals surface area contributed by atoms with Gasteiger partial charge in [-0.15, -0.1) is 0 Å². The minimum absolute atomic E-state index is 0.620. The summed E-state index contributed by atoms with van der Waals surface area (Å²) in [7, 11) is 0. The van der Waals surface area contributed by atoms with E-state index in [1.165, 1.54) is 32.2 Å². The lowest BCUT2D eigenvalue weighted by atomic mass is 9.63. The Kier molecular flexibility index (Phi) is 1.71. The van der Waals surface area contributed by atoms with E-state index in [4.69, 9.17) is 0 Å². The summed E-state index contributed by atoms with van der Waals surface area (Å²) >= 11 is 0. The lowest BCUT2D eigenvalue weighted by Crippen LogP contribution is -2.52. The van der Waals surface area contributed by atoms with E-state index >= 15 is 0 Å². The zero-order valence-electron chi connectivity index (χ0n) is 7.69. The molecule has 1 aliphatic heterocycles. The third-order valence-corrected chi connectivity index (χ3v) is 3.58. The Bertz CT molecular complexity index is 137. The molecule has 1 heteroatoms. The fourth-order valence-corrected chi connectivity index (χ4v) is 2.63. The van der Waals surface area contributed by atoms with E-state index in [0.717, 1.165) is 11.8 Å². The Morgan fingerprint density at radius 3 is 2.55 bits per heavy atom. The maximum absolute atomic E-state index is 3.65. The molecule has 0 bridgehead atoms. The first-order chi connectivity index (χ1) is 5.22. The highest BCUT2D eigenvalue weighted by Gasteiger charge is 2.46. The number of hydrogen-bond donors (Lipinski definition) is 1. The predicted molar refractivity (Wildman–Crippen MR) is 47.5 cm³/mol. The molecular formula is C10H19N. The normalized spacial score (nSPS) is 43.4. The molecule has 2 fully saturated rings. The molecule has 0 radical (unpaired) electrons. The van der Waals surface area contributed by atoms with Crippen molar-refractivity contribution < 1.29 is 0 Å². The van der Waals surface area contributed by atoms with Gasteiger partial charge in [-0.05, 0) is 44.1 Å². The predicted octanol–water partition coefficient (Wildman–Crippen LogP) is 2.17. The summed E-state index contributed by atoms with van der Waals surface area (Å²) < 4.78 is 0. The van der Waals surface area contributed by atoms with Crippen molar-refractivity contribution in [1.82, 2.24) is 5.32 Å². The fraction of sp³-hybridized carbons (Fsp3) is 1.00. The van der Waals surface area contributed by atoms with E-state index in [-0.39, 0.29) is 0 Å². The molecule has 1 saturated carbocycles. The summed E-state index contributed by atoms with van der Waals surface area (Å²) in [6.07, 6.45) is 5.75. The van der Waals surface area contributed by atoms with Crippen LogP contribution in [-0.4, -0.2) is 12.1 Å². The second kappa shape index (κ2) is 2.48. The van der Waals surface area contributed by atoms with Crippen LogP contribution in [0.1, 0.15) is 39.5 Å². The highest BCUT2D eigenvalue weighted by molar-refractivity contribution is 5.04. The van der Waals surface area contributed by atoms with Gasteiger partial charge in [-0.2, -0.15) is 0 Å². The first-order valence-electron chi connectivity index (χ1n) is 4.97. The van der Waals surface area contributed by atoms with Crippen molar-refractivity contribution >= 4 is 0 Å². The Labute approximate surface area is 69.6 Å². The maximum Gasteiger partial charge on any atom is 0.0187 e. The summed E-state index contributed by atoms with van der Waals surface area (Å²) in [6, 6.07) is 0. The van der Waals surface area contributed by atoms with Crippen molar-refractivity contribution in [2.24, 2.45) is 11.8 Å². The van der Waals surface area contributed by atoms with Crippen molar-refractivity contribution in [2.75, 3.05) is 6.54 Å². The Hall–Kier alpha value is -0.0400. The topological polar surface area (TPSA) is 12.0 Å². The number of rotatable bonds is 1. The van der Waals surface area contributed by atoms with Crippen LogP contribution in [0.3, 0.4) is 0 Å².